The van der Waals surface area contributed by atoms with Crippen molar-refractivity contribution in [3.63, 3.8) is 0 Å². The minimum Gasteiger partial charge on any atom is -0.455 e. The SMILES string of the molecule is CC1(C)c2ccccc2-c2ccc(N(c3ccc(-c4cccc5c4oc4ccccc45)cc3)c3ccc4c(c3)C(C)(C)c3cc(-c5ccc6c(c5)c5ccccc5n6-c5ccccc5)ccc3-4)cc21. The molecule has 0 unspecified atom stereocenters. The first kappa shape index (κ1) is 39.7. The van der Waals surface area contributed by atoms with Gasteiger partial charge in [-0.2, -0.15) is 0 Å². The van der Waals surface area contributed by atoms with Gasteiger partial charge in [0.15, 0.2) is 0 Å². The summed E-state index contributed by atoms with van der Waals surface area (Å²) in [5.74, 6) is 0. The van der Waals surface area contributed by atoms with Gasteiger partial charge < -0.3 is 13.9 Å². The van der Waals surface area contributed by atoms with Gasteiger partial charge in [0.2, 0.25) is 0 Å². The average molecular weight is 885 g/mol. The summed E-state index contributed by atoms with van der Waals surface area (Å²) in [6.45, 7) is 9.52. The molecule has 2 aliphatic rings. The normalized spacial score (nSPS) is 14.0. The number of aromatic nitrogens is 1. The van der Waals surface area contributed by atoms with Crippen molar-refractivity contribution in [1.29, 1.82) is 0 Å². The van der Waals surface area contributed by atoms with Crippen molar-refractivity contribution in [1.82, 2.24) is 4.57 Å². The zero-order valence-electron chi connectivity index (χ0n) is 39.1. The number of anilines is 3. The van der Waals surface area contributed by atoms with Crippen LogP contribution in [0.25, 0.3) is 93.9 Å². The van der Waals surface area contributed by atoms with Gasteiger partial charge in [-0.3, -0.25) is 0 Å². The Kier molecular flexibility index (Phi) is 8.38. The molecule has 328 valence electrons. The van der Waals surface area contributed by atoms with E-state index in [9.17, 15) is 0 Å². The quantitative estimate of drug-likeness (QED) is 0.166. The van der Waals surface area contributed by atoms with Crippen LogP contribution >= 0.6 is 0 Å². The third kappa shape index (κ3) is 5.80. The number of rotatable bonds is 6. The Labute approximate surface area is 402 Å². The highest BCUT2D eigenvalue weighted by Gasteiger charge is 2.38. The molecule has 3 nitrogen and oxygen atoms in total. The molecule has 0 N–H and O–H groups in total. The fourth-order valence-corrected chi connectivity index (χ4v) is 12.1. The predicted octanol–water partition coefficient (Wildman–Crippen LogP) is 18.1. The van der Waals surface area contributed by atoms with E-state index < -0.39 is 0 Å². The van der Waals surface area contributed by atoms with Gasteiger partial charge in [0.25, 0.3) is 0 Å². The molecule has 0 spiro atoms. The summed E-state index contributed by atoms with van der Waals surface area (Å²) in [6.07, 6.45) is 0. The molecule has 0 saturated heterocycles. The van der Waals surface area contributed by atoms with Gasteiger partial charge in [-0.15, -0.1) is 0 Å². The molecule has 2 heterocycles. The Morgan fingerprint density at radius 3 is 1.64 bits per heavy atom. The third-order valence-corrected chi connectivity index (χ3v) is 15.6. The van der Waals surface area contributed by atoms with Crippen molar-refractivity contribution in [3.05, 3.63) is 241 Å². The lowest BCUT2D eigenvalue weighted by Crippen LogP contribution is -2.18. The number of hydrogen-bond donors (Lipinski definition) is 0. The highest BCUT2D eigenvalue weighted by atomic mass is 16.3. The molecule has 0 bridgehead atoms. The molecule has 2 aliphatic carbocycles. The molecule has 0 fully saturated rings. The van der Waals surface area contributed by atoms with Crippen molar-refractivity contribution < 1.29 is 4.42 Å². The summed E-state index contributed by atoms with van der Waals surface area (Å²) in [5, 5.41) is 4.80. The first-order valence-corrected chi connectivity index (χ1v) is 24.2. The van der Waals surface area contributed by atoms with E-state index in [4.69, 9.17) is 4.42 Å². The number of benzene rings is 10. The van der Waals surface area contributed by atoms with Crippen LogP contribution in [0, 0.1) is 0 Å². The Bertz CT molecular complexity index is 4070. The zero-order chi connectivity index (χ0) is 46.2. The van der Waals surface area contributed by atoms with Crippen LogP contribution in [-0.2, 0) is 10.8 Å². The second-order valence-electron chi connectivity index (χ2n) is 20.1. The lowest BCUT2D eigenvalue weighted by molar-refractivity contribution is 0.660. The van der Waals surface area contributed by atoms with E-state index in [0.717, 1.165) is 50.1 Å². The molecule has 2 aromatic heterocycles. The third-order valence-electron chi connectivity index (χ3n) is 15.6. The van der Waals surface area contributed by atoms with Gasteiger partial charge in [-0.25, -0.2) is 0 Å². The molecule has 0 amide bonds. The van der Waals surface area contributed by atoms with Crippen LogP contribution in [0.2, 0.25) is 0 Å². The first-order valence-electron chi connectivity index (χ1n) is 24.2. The monoisotopic (exact) mass is 884 g/mol. The average Bonchev–Trinajstić information content (AvgIpc) is 4.07. The molecule has 0 radical (unpaired) electrons. The second kappa shape index (κ2) is 14.6. The largest absolute Gasteiger partial charge is 0.455 e. The molecular formula is C66H48N2O. The maximum atomic E-state index is 6.50. The van der Waals surface area contributed by atoms with Gasteiger partial charge >= 0.3 is 0 Å². The van der Waals surface area contributed by atoms with Crippen LogP contribution in [0.5, 0.6) is 0 Å². The first-order chi connectivity index (χ1) is 33.7. The van der Waals surface area contributed by atoms with E-state index in [2.05, 4.69) is 249 Å². The lowest BCUT2D eigenvalue weighted by atomic mass is 9.81. The van der Waals surface area contributed by atoms with Crippen molar-refractivity contribution in [2.75, 3.05) is 4.90 Å². The summed E-state index contributed by atoms with van der Waals surface area (Å²) >= 11 is 0. The minimum absolute atomic E-state index is 0.133. The molecule has 69 heavy (non-hydrogen) atoms. The number of nitrogens with zero attached hydrogens (tertiary/aromatic N) is 2. The minimum atomic E-state index is -0.244. The van der Waals surface area contributed by atoms with Crippen LogP contribution in [0.15, 0.2) is 223 Å². The lowest BCUT2D eigenvalue weighted by Gasteiger charge is -2.30. The number of fused-ring (bicyclic) bond motifs is 12. The van der Waals surface area contributed by atoms with Crippen LogP contribution in [0.4, 0.5) is 17.1 Å². The fourth-order valence-electron chi connectivity index (χ4n) is 12.1. The molecule has 14 rings (SSSR count). The van der Waals surface area contributed by atoms with E-state index >= 15 is 0 Å². The van der Waals surface area contributed by atoms with Gasteiger partial charge in [-0.1, -0.05) is 167 Å². The maximum absolute atomic E-state index is 6.50. The van der Waals surface area contributed by atoms with Gasteiger partial charge in [0.1, 0.15) is 11.2 Å². The molecular weight excluding hydrogens is 837 g/mol. The maximum Gasteiger partial charge on any atom is 0.143 e. The van der Waals surface area contributed by atoms with Gasteiger partial charge in [-0.05, 0) is 140 Å². The highest BCUT2D eigenvalue weighted by molar-refractivity contribution is 6.11. The summed E-state index contributed by atoms with van der Waals surface area (Å²) in [7, 11) is 0. The number of para-hydroxylation sites is 4. The van der Waals surface area contributed by atoms with Gasteiger partial charge in [0, 0.05) is 60.7 Å². The van der Waals surface area contributed by atoms with E-state index in [-0.39, 0.29) is 10.8 Å². The van der Waals surface area contributed by atoms with E-state index in [1.54, 1.807) is 0 Å². The molecule has 12 aromatic rings. The fraction of sp³-hybridized carbons (Fsp3) is 0.0909. The highest BCUT2D eigenvalue weighted by Crippen LogP contribution is 2.54. The Balaban J connectivity index is 0.874. The van der Waals surface area contributed by atoms with E-state index in [0.29, 0.717) is 0 Å². The Morgan fingerprint density at radius 1 is 0.348 bits per heavy atom. The molecule has 0 saturated carbocycles. The van der Waals surface area contributed by atoms with Crippen molar-refractivity contribution in [2.24, 2.45) is 0 Å². The Morgan fingerprint density at radius 2 is 0.870 bits per heavy atom. The number of hydrogen-bond acceptors (Lipinski definition) is 2. The smallest absolute Gasteiger partial charge is 0.143 e. The predicted molar refractivity (Wildman–Crippen MR) is 289 cm³/mol. The summed E-state index contributed by atoms with van der Waals surface area (Å²) < 4.78 is 8.89. The van der Waals surface area contributed by atoms with E-state index in [1.165, 1.54) is 83.1 Å². The molecule has 0 atom stereocenters. The van der Waals surface area contributed by atoms with Crippen LogP contribution in [0.1, 0.15) is 49.9 Å². The molecule has 10 aromatic carbocycles. The molecule has 3 heteroatoms. The topological polar surface area (TPSA) is 21.3 Å². The van der Waals surface area contributed by atoms with Crippen LogP contribution in [0.3, 0.4) is 0 Å². The van der Waals surface area contributed by atoms with Crippen LogP contribution in [-0.4, -0.2) is 4.57 Å². The summed E-state index contributed by atoms with van der Waals surface area (Å²) in [6, 6.07) is 80.6. The summed E-state index contributed by atoms with van der Waals surface area (Å²) in [5.41, 5.74) is 23.8. The van der Waals surface area contributed by atoms with E-state index in [1.807, 2.05) is 6.07 Å². The van der Waals surface area contributed by atoms with Crippen molar-refractivity contribution in [3.8, 4) is 50.2 Å². The number of furan rings is 1. The van der Waals surface area contributed by atoms with Crippen molar-refractivity contribution in [2.45, 2.75) is 38.5 Å². The summed E-state index contributed by atoms with van der Waals surface area (Å²) in [4.78, 5) is 2.46. The molecule has 0 aliphatic heterocycles. The van der Waals surface area contributed by atoms with Crippen LogP contribution < -0.4 is 4.90 Å². The second-order valence-corrected chi connectivity index (χ2v) is 20.1. The Hall–Kier alpha value is -8.40. The standard InChI is InChI=1S/C66H48N2O/c1-65(2)57-22-11-8-17-49(57)51-34-31-46(39-59(51)65)67(45-29-25-41(26-30-45)48-20-14-21-55-54-19-10-13-24-63(54)69-64(48)55)47-32-35-52-50-33-27-43(38-58(50)66(3,4)60(52)40-47)42-28-36-62-56(37-42)53-18-9-12-23-61(53)68(62)44-15-6-5-7-16-44/h5-40H,1-4H3. The van der Waals surface area contributed by atoms with Crippen molar-refractivity contribution >= 4 is 60.8 Å². The zero-order valence-corrected chi connectivity index (χ0v) is 39.1. The van der Waals surface area contributed by atoms with Gasteiger partial charge in [0.05, 0.1) is 11.0 Å².